The molecule has 23 heavy (non-hydrogen) atoms. The number of unbranched alkanes of at least 4 members (excludes halogenated alkanes) is 2. The second kappa shape index (κ2) is 13.5. The maximum Gasteiger partial charge on any atom is 0.190 e. The Bertz CT molecular complexity index is 469. The molecule has 0 spiro atoms. The van der Waals surface area contributed by atoms with Gasteiger partial charge in [-0.25, -0.2) is 4.39 Å². The Kier molecular flexibility index (Phi) is 13.0. The van der Waals surface area contributed by atoms with Crippen molar-refractivity contribution in [3.8, 4) is 0 Å². The van der Waals surface area contributed by atoms with E-state index in [1.54, 1.807) is 20.2 Å². The molecule has 0 saturated carbocycles. The largest absolute Gasteiger partial charge is 0.385 e. The second-order valence-corrected chi connectivity index (χ2v) is 5.30. The van der Waals surface area contributed by atoms with E-state index < -0.39 is 0 Å². The van der Waals surface area contributed by atoms with Crippen LogP contribution in [0.4, 0.5) is 4.39 Å². The fourth-order valence-corrected chi connectivity index (χ4v) is 2.23. The molecule has 1 aromatic rings. The van der Waals surface area contributed by atoms with Crippen LogP contribution in [-0.2, 0) is 11.2 Å². The number of halogens is 2. The van der Waals surface area contributed by atoms with Gasteiger partial charge in [0.1, 0.15) is 5.82 Å². The summed E-state index contributed by atoms with van der Waals surface area (Å²) in [5.41, 5.74) is 2.15. The lowest BCUT2D eigenvalue weighted by Gasteiger charge is -2.12. The van der Waals surface area contributed by atoms with Gasteiger partial charge in [0.2, 0.25) is 0 Å². The summed E-state index contributed by atoms with van der Waals surface area (Å²) in [7, 11) is 3.50. The summed E-state index contributed by atoms with van der Waals surface area (Å²) >= 11 is 0. The molecular formula is C17H29FIN3O. The Morgan fingerprint density at radius 1 is 1.17 bits per heavy atom. The Balaban J connectivity index is 0.00000484. The normalized spacial score (nSPS) is 11.0. The molecule has 1 aromatic carbocycles. The van der Waals surface area contributed by atoms with Crippen molar-refractivity contribution < 1.29 is 9.13 Å². The predicted molar refractivity (Wildman–Crippen MR) is 105 cm³/mol. The molecule has 0 bridgehead atoms. The highest BCUT2D eigenvalue weighted by atomic mass is 127. The van der Waals surface area contributed by atoms with Gasteiger partial charge < -0.3 is 15.4 Å². The number of methoxy groups -OCH3 is 1. The number of aliphatic imine (C=N–C) groups is 1. The van der Waals surface area contributed by atoms with Crippen LogP contribution in [0.25, 0.3) is 0 Å². The minimum Gasteiger partial charge on any atom is -0.385 e. The van der Waals surface area contributed by atoms with E-state index in [0.717, 1.165) is 62.5 Å². The molecule has 0 aliphatic carbocycles. The summed E-state index contributed by atoms with van der Waals surface area (Å²) in [5, 5.41) is 6.58. The third-order valence-corrected chi connectivity index (χ3v) is 3.53. The molecule has 0 heterocycles. The number of nitrogens with zero attached hydrogens (tertiary/aromatic N) is 1. The smallest absolute Gasteiger partial charge is 0.190 e. The second-order valence-electron chi connectivity index (χ2n) is 5.30. The van der Waals surface area contributed by atoms with E-state index in [2.05, 4.69) is 15.6 Å². The molecule has 4 nitrogen and oxygen atoms in total. The number of hydrogen-bond acceptors (Lipinski definition) is 2. The maximum absolute atomic E-state index is 13.1. The lowest BCUT2D eigenvalue weighted by molar-refractivity contribution is 0.192. The molecule has 0 amide bonds. The van der Waals surface area contributed by atoms with Gasteiger partial charge in [0.05, 0.1) is 0 Å². The average Bonchev–Trinajstić information content (AvgIpc) is 2.50. The van der Waals surface area contributed by atoms with Crippen LogP contribution >= 0.6 is 24.0 Å². The zero-order valence-electron chi connectivity index (χ0n) is 14.3. The summed E-state index contributed by atoms with van der Waals surface area (Å²) < 4.78 is 18.1. The number of ether oxygens (including phenoxy) is 1. The molecule has 0 atom stereocenters. The van der Waals surface area contributed by atoms with E-state index in [4.69, 9.17) is 4.74 Å². The standard InChI is InChI=1S/C17H28FN3O.HI/c1-14-13-16(18)8-7-15(14)9-11-21-17(19-2)20-10-5-4-6-12-22-3;/h7-8,13H,4-6,9-12H2,1-3H3,(H2,19,20,21);1H. The zero-order chi connectivity index (χ0) is 16.2. The highest BCUT2D eigenvalue weighted by Gasteiger charge is 2.01. The predicted octanol–water partition coefficient (Wildman–Crippen LogP) is 3.28. The summed E-state index contributed by atoms with van der Waals surface area (Å²) in [5.74, 6) is 0.631. The van der Waals surface area contributed by atoms with Crippen molar-refractivity contribution in [2.45, 2.75) is 32.6 Å². The van der Waals surface area contributed by atoms with Gasteiger partial charge in [0.15, 0.2) is 5.96 Å². The molecule has 132 valence electrons. The van der Waals surface area contributed by atoms with Gasteiger partial charge in [-0.2, -0.15) is 0 Å². The highest BCUT2D eigenvalue weighted by Crippen LogP contribution is 2.10. The number of guanidine groups is 1. The van der Waals surface area contributed by atoms with Crippen LogP contribution in [0.15, 0.2) is 23.2 Å². The summed E-state index contributed by atoms with van der Waals surface area (Å²) in [6.07, 6.45) is 4.18. The molecule has 0 radical (unpaired) electrons. The average molecular weight is 437 g/mol. The number of nitrogens with one attached hydrogen (secondary N) is 2. The third-order valence-electron chi connectivity index (χ3n) is 3.53. The van der Waals surface area contributed by atoms with Crippen LogP contribution in [0.1, 0.15) is 30.4 Å². The van der Waals surface area contributed by atoms with Crippen molar-refractivity contribution in [2.75, 3.05) is 33.9 Å². The molecular weight excluding hydrogens is 408 g/mol. The van der Waals surface area contributed by atoms with E-state index in [-0.39, 0.29) is 29.8 Å². The maximum atomic E-state index is 13.1. The van der Waals surface area contributed by atoms with Gasteiger partial charge in [-0.3, -0.25) is 4.99 Å². The zero-order valence-corrected chi connectivity index (χ0v) is 16.7. The third kappa shape index (κ3) is 9.76. The van der Waals surface area contributed by atoms with Crippen LogP contribution < -0.4 is 10.6 Å². The molecule has 0 fully saturated rings. The van der Waals surface area contributed by atoms with Crippen molar-refractivity contribution >= 4 is 29.9 Å². The molecule has 0 aromatic heterocycles. The highest BCUT2D eigenvalue weighted by molar-refractivity contribution is 14.0. The number of benzene rings is 1. The molecule has 0 aliphatic rings. The topological polar surface area (TPSA) is 45.7 Å². The molecule has 6 heteroatoms. The fourth-order valence-electron chi connectivity index (χ4n) is 2.23. The SMILES string of the molecule is CN=C(NCCCCCOC)NCCc1ccc(F)cc1C.I. The van der Waals surface area contributed by atoms with Crippen LogP contribution in [-0.4, -0.2) is 39.8 Å². The summed E-state index contributed by atoms with van der Waals surface area (Å²) in [6, 6.07) is 4.93. The van der Waals surface area contributed by atoms with Crippen LogP contribution in [0.3, 0.4) is 0 Å². The minimum absolute atomic E-state index is 0. The van der Waals surface area contributed by atoms with E-state index in [1.807, 2.05) is 13.0 Å². The van der Waals surface area contributed by atoms with E-state index in [1.165, 1.54) is 6.07 Å². The van der Waals surface area contributed by atoms with Gasteiger partial charge in [-0.15, -0.1) is 24.0 Å². The Labute approximate surface area is 156 Å². The fraction of sp³-hybridized carbons (Fsp3) is 0.588. The van der Waals surface area contributed by atoms with Gasteiger partial charge in [0.25, 0.3) is 0 Å². The van der Waals surface area contributed by atoms with Crippen LogP contribution in [0.2, 0.25) is 0 Å². The first kappa shape index (κ1) is 22.1. The van der Waals surface area contributed by atoms with E-state index in [0.29, 0.717) is 0 Å². The van der Waals surface area contributed by atoms with Crippen molar-refractivity contribution in [3.05, 3.63) is 35.1 Å². The molecule has 0 aliphatic heterocycles. The quantitative estimate of drug-likeness (QED) is 0.270. The summed E-state index contributed by atoms with van der Waals surface area (Å²) in [6.45, 7) is 4.43. The van der Waals surface area contributed by atoms with Gasteiger partial charge in [-0.1, -0.05) is 6.07 Å². The molecule has 0 unspecified atom stereocenters. The summed E-state index contributed by atoms with van der Waals surface area (Å²) in [4.78, 5) is 4.20. The minimum atomic E-state index is -0.180. The first-order valence-corrected chi connectivity index (χ1v) is 7.86. The van der Waals surface area contributed by atoms with E-state index >= 15 is 0 Å². The lowest BCUT2D eigenvalue weighted by Crippen LogP contribution is -2.38. The van der Waals surface area contributed by atoms with Gasteiger partial charge in [0, 0.05) is 33.9 Å². The molecule has 1 rings (SSSR count). The lowest BCUT2D eigenvalue weighted by atomic mass is 10.1. The van der Waals surface area contributed by atoms with Crippen LogP contribution in [0, 0.1) is 12.7 Å². The van der Waals surface area contributed by atoms with Crippen molar-refractivity contribution in [3.63, 3.8) is 0 Å². The van der Waals surface area contributed by atoms with Gasteiger partial charge >= 0.3 is 0 Å². The molecule has 2 N–H and O–H groups in total. The van der Waals surface area contributed by atoms with E-state index in [9.17, 15) is 4.39 Å². The number of rotatable bonds is 9. The Morgan fingerprint density at radius 3 is 2.57 bits per heavy atom. The Hall–Kier alpha value is -0.890. The van der Waals surface area contributed by atoms with Crippen molar-refractivity contribution in [1.29, 1.82) is 0 Å². The number of hydrogen-bond donors (Lipinski definition) is 2. The molecule has 0 saturated heterocycles. The Morgan fingerprint density at radius 2 is 1.91 bits per heavy atom. The number of aryl methyl sites for hydroxylation is 1. The van der Waals surface area contributed by atoms with Crippen molar-refractivity contribution in [1.82, 2.24) is 10.6 Å². The van der Waals surface area contributed by atoms with Crippen LogP contribution in [0.5, 0.6) is 0 Å². The first-order valence-electron chi connectivity index (χ1n) is 7.86. The van der Waals surface area contributed by atoms with Crippen molar-refractivity contribution in [2.24, 2.45) is 4.99 Å². The first-order chi connectivity index (χ1) is 10.7. The van der Waals surface area contributed by atoms with Gasteiger partial charge in [-0.05, 0) is 55.9 Å². The monoisotopic (exact) mass is 437 g/mol.